The summed E-state index contributed by atoms with van der Waals surface area (Å²) >= 11 is 0. The van der Waals surface area contributed by atoms with Crippen molar-refractivity contribution in [3.05, 3.63) is 69.0 Å². The van der Waals surface area contributed by atoms with Crippen molar-refractivity contribution in [1.29, 1.82) is 0 Å². The molecule has 1 saturated heterocycles. The van der Waals surface area contributed by atoms with E-state index in [9.17, 15) is 14.4 Å². The molecule has 1 aromatic carbocycles. The summed E-state index contributed by atoms with van der Waals surface area (Å²) in [4.78, 5) is 46.2. The molecule has 3 N–H and O–H groups in total. The van der Waals surface area contributed by atoms with Crippen molar-refractivity contribution in [1.82, 2.24) is 20.3 Å². The summed E-state index contributed by atoms with van der Waals surface area (Å²) in [6.45, 7) is 1.23. The molecule has 2 aromatic heterocycles. The molecular formula is C20H21N5O3. The molecule has 0 spiro atoms. The van der Waals surface area contributed by atoms with Gasteiger partial charge in [0.25, 0.3) is 5.56 Å². The highest BCUT2D eigenvalue weighted by Crippen LogP contribution is 2.17. The van der Waals surface area contributed by atoms with Gasteiger partial charge in [0.2, 0.25) is 5.91 Å². The number of pyridine rings is 1. The summed E-state index contributed by atoms with van der Waals surface area (Å²) in [5.74, 6) is 0.474. The first kappa shape index (κ1) is 18.0. The molecule has 8 heteroatoms. The number of nitrogens with zero attached hydrogens (tertiary/aromatic N) is 2. The quantitative estimate of drug-likeness (QED) is 0.611. The fourth-order valence-electron chi connectivity index (χ4n) is 3.55. The molecule has 1 amide bonds. The fraction of sp³-hybridized carbons (Fsp3) is 0.300. The number of hydrogen-bond acceptors (Lipinski definition) is 5. The van der Waals surface area contributed by atoms with E-state index >= 15 is 0 Å². The summed E-state index contributed by atoms with van der Waals surface area (Å²) in [5, 5.41) is 4.12. The number of H-pyrrole nitrogens is 2. The van der Waals surface area contributed by atoms with Gasteiger partial charge in [-0.05, 0) is 30.5 Å². The topological polar surface area (TPSA) is 111 Å². The Balaban J connectivity index is 1.31. The Bertz CT molecular complexity index is 1090. The first-order valence-corrected chi connectivity index (χ1v) is 9.28. The standard InChI is InChI=1S/C20H21N5O3/c26-18(6-4-13-3-5-14-2-1-8-21-16(14)10-13)22-15-7-9-25(12-15)17-11-19(27)24-20(28)23-17/h1-3,5,8,10-11,15H,4,6-7,9,12H2,(H,22,26)(H2,23,24,27,28)/t15-/m0/s1. The molecule has 144 valence electrons. The molecule has 28 heavy (non-hydrogen) atoms. The number of benzene rings is 1. The van der Waals surface area contributed by atoms with Gasteiger partial charge in [-0.15, -0.1) is 0 Å². The Kier molecular flexibility index (Phi) is 4.92. The van der Waals surface area contributed by atoms with Crippen molar-refractivity contribution < 1.29 is 4.79 Å². The molecule has 8 nitrogen and oxygen atoms in total. The number of hydrogen-bond donors (Lipinski definition) is 3. The van der Waals surface area contributed by atoms with Crippen LogP contribution >= 0.6 is 0 Å². The molecule has 1 aliphatic heterocycles. The van der Waals surface area contributed by atoms with Crippen LogP contribution in [0, 0.1) is 0 Å². The van der Waals surface area contributed by atoms with Gasteiger partial charge < -0.3 is 10.2 Å². The minimum absolute atomic E-state index is 0.00596. The summed E-state index contributed by atoms with van der Waals surface area (Å²) in [5.41, 5.74) is 1.05. The zero-order valence-electron chi connectivity index (χ0n) is 15.3. The number of aromatic nitrogens is 3. The molecule has 0 radical (unpaired) electrons. The third kappa shape index (κ3) is 4.11. The van der Waals surface area contributed by atoms with E-state index in [1.165, 1.54) is 6.07 Å². The van der Waals surface area contributed by atoms with Crippen LogP contribution in [0.5, 0.6) is 0 Å². The number of amides is 1. The summed E-state index contributed by atoms with van der Waals surface area (Å²) in [6.07, 6.45) is 3.58. The molecule has 4 rings (SSSR count). The molecule has 0 aliphatic carbocycles. The number of carbonyl (C=O) groups is 1. The van der Waals surface area contributed by atoms with Crippen molar-refractivity contribution in [2.24, 2.45) is 0 Å². The van der Waals surface area contributed by atoms with Crippen LogP contribution in [0.15, 0.2) is 52.2 Å². The Morgan fingerprint density at radius 3 is 2.96 bits per heavy atom. The molecule has 1 fully saturated rings. The predicted molar refractivity (Wildman–Crippen MR) is 107 cm³/mol. The molecule has 3 heterocycles. The lowest BCUT2D eigenvalue weighted by atomic mass is 10.1. The summed E-state index contributed by atoms with van der Waals surface area (Å²) < 4.78 is 0. The second-order valence-corrected chi connectivity index (χ2v) is 7.00. The molecule has 0 unspecified atom stereocenters. The zero-order valence-corrected chi connectivity index (χ0v) is 15.3. The van der Waals surface area contributed by atoms with Gasteiger partial charge in [0.1, 0.15) is 5.82 Å². The van der Waals surface area contributed by atoms with Gasteiger partial charge in [0, 0.05) is 43.2 Å². The van der Waals surface area contributed by atoms with Gasteiger partial charge in [-0.2, -0.15) is 0 Å². The van der Waals surface area contributed by atoms with Crippen molar-refractivity contribution in [2.75, 3.05) is 18.0 Å². The van der Waals surface area contributed by atoms with Crippen LogP contribution in [0.1, 0.15) is 18.4 Å². The van der Waals surface area contributed by atoms with Crippen LogP contribution in [0.25, 0.3) is 10.9 Å². The lowest BCUT2D eigenvalue weighted by molar-refractivity contribution is -0.121. The van der Waals surface area contributed by atoms with Gasteiger partial charge >= 0.3 is 5.69 Å². The number of anilines is 1. The summed E-state index contributed by atoms with van der Waals surface area (Å²) in [7, 11) is 0. The highest BCUT2D eigenvalue weighted by molar-refractivity contribution is 5.80. The van der Waals surface area contributed by atoms with E-state index < -0.39 is 11.2 Å². The molecular weight excluding hydrogens is 358 g/mol. The second kappa shape index (κ2) is 7.67. The Morgan fingerprint density at radius 1 is 1.21 bits per heavy atom. The average Bonchev–Trinajstić information content (AvgIpc) is 3.14. The number of carbonyl (C=O) groups excluding carboxylic acids is 1. The van der Waals surface area contributed by atoms with E-state index in [2.05, 4.69) is 20.3 Å². The number of aromatic amines is 2. The minimum Gasteiger partial charge on any atom is -0.356 e. The van der Waals surface area contributed by atoms with Gasteiger partial charge in [-0.25, -0.2) is 4.79 Å². The van der Waals surface area contributed by atoms with Crippen LogP contribution in [-0.2, 0) is 11.2 Å². The Morgan fingerprint density at radius 2 is 2.11 bits per heavy atom. The van der Waals surface area contributed by atoms with Gasteiger partial charge in [0.15, 0.2) is 0 Å². The van der Waals surface area contributed by atoms with Crippen molar-refractivity contribution in [2.45, 2.75) is 25.3 Å². The lowest BCUT2D eigenvalue weighted by Crippen LogP contribution is -2.38. The van der Waals surface area contributed by atoms with Crippen molar-refractivity contribution >= 4 is 22.6 Å². The zero-order chi connectivity index (χ0) is 19.5. The maximum atomic E-state index is 12.3. The number of rotatable bonds is 5. The molecule has 1 atom stereocenters. The largest absolute Gasteiger partial charge is 0.356 e. The van der Waals surface area contributed by atoms with Crippen molar-refractivity contribution in [3.8, 4) is 0 Å². The van der Waals surface area contributed by atoms with Crippen LogP contribution in [-0.4, -0.2) is 40.0 Å². The monoisotopic (exact) mass is 379 g/mol. The first-order chi connectivity index (χ1) is 13.6. The van der Waals surface area contributed by atoms with Crippen LogP contribution in [0.2, 0.25) is 0 Å². The fourth-order valence-corrected chi connectivity index (χ4v) is 3.55. The highest BCUT2D eigenvalue weighted by atomic mass is 16.2. The van der Waals surface area contributed by atoms with Crippen LogP contribution in [0.3, 0.4) is 0 Å². The smallest absolute Gasteiger partial charge is 0.327 e. The third-order valence-electron chi connectivity index (χ3n) is 4.95. The SMILES string of the molecule is O=C(CCc1ccc2cccnc2c1)N[C@H]1CCN(c2cc(=O)[nH]c(=O)[nH]2)C1. The van der Waals surface area contributed by atoms with E-state index in [-0.39, 0.29) is 11.9 Å². The average molecular weight is 379 g/mol. The number of aryl methyl sites for hydroxylation is 1. The molecule has 1 aliphatic rings. The van der Waals surface area contributed by atoms with Gasteiger partial charge in [-0.3, -0.25) is 24.5 Å². The summed E-state index contributed by atoms with van der Waals surface area (Å²) in [6, 6.07) is 11.3. The van der Waals surface area contributed by atoms with Crippen LogP contribution < -0.4 is 21.5 Å². The maximum absolute atomic E-state index is 12.3. The van der Waals surface area contributed by atoms with E-state index in [1.54, 1.807) is 6.20 Å². The Hall–Kier alpha value is -3.42. The minimum atomic E-state index is -0.528. The maximum Gasteiger partial charge on any atom is 0.327 e. The normalized spacial score (nSPS) is 16.4. The van der Waals surface area contributed by atoms with Crippen LogP contribution in [0.4, 0.5) is 5.82 Å². The molecule has 3 aromatic rings. The van der Waals surface area contributed by atoms with E-state index in [0.29, 0.717) is 31.7 Å². The molecule has 0 saturated carbocycles. The predicted octanol–water partition coefficient (Wildman–Crippen LogP) is 0.939. The van der Waals surface area contributed by atoms with Gasteiger partial charge in [-0.1, -0.05) is 18.2 Å². The molecule has 0 bridgehead atoms. The highest BCUT2D eigenvalue weighted by Gasteiger charge is 2.24. The Labute approximate surface area is 160 Å². The van der Waals surface area contributed by atoms with E-state index in [0.717, 1.165) is 22.9 Å². The lowest BCUT2D eigenvalue weighted by Gasteiger charge is -2.18. The number of fused-ring (bicyclic) bond motifs is 1. The first-order valence-electron chi connectivity index (χ1n) is 9.28. The van der Waals surface area contributed by atoms with Gasteiger partial charge in [0.05, 0.1) is 5.52 Å². The second-order valence-electron chi connectivity index (χ2n) is 7.00. The number of nitrogens with one attached hydrogen (secondary N) is 3. The third-order valence-corrected chi connectivity index (χ3v) is 4.95. The van der Waals surface area contributed by atoms with Crippen molar-refractivity contribution in [3.63, 3.8) is 0 Å². The van der Waals surface area contributed by atoms with E-state index in [4.69, 9.17) is 0 Å². The van der Waals surface area contributed by atoms with E-state index in [1.807, 2.05) is 35.2 Å².